The van der Waals surface area contributed by atoms with Gasteiger partial charge in [-0.05, 0) is 52.8 Å². The molecule has 1 aliphatic heterocycles. The molecule has 26 heavy (non-hydrogen) atoms. The Kier molecular flexibility index (Phi) is 6.48. The molecule has 5 nitrogen and oxygen atoms in total. The number of esters is 1. The van der Waals surface area contributed by atoms with Gasteiger partial charge < -0.3 is 18.6 Å². The Morgan fingerprint density at radius 3 is 2.12 bits per heavy atom. The third-order valence-corrected chi connectivity index (χ3v) is 9.33. The summed E-state index contributed by atoms with van der Waals surface area (Å²) in [5.41, 5.74) is -1.82. The van der Waals surface area contributed by atoms with Crippen molar-refractivity contribution >= 4 is 14.3 Å². The average molecular weight is 385 g/mol. The summed E-state index contributed by atoms with van der Waals surface area (Å²) >= 11 is 0. The van der Waals surface area contributed by atoms with E-state index in [1.807, 2.05) is 34.6 Å². The molecule has 1 saturated heterocycles. The number of carbonyl (C=O) groups excluding carboxylic acids is 1. The van der Waals surface area contributed by atoms with Crippen LogP contribution in [-0.2, 0) is 23.4 Å². The lowest BCUT2D eigenvalue weighted by Crippen LogP contribution is -2.56. The van der Waals surface area contributed by atoms with E-state index < -0.39 is 37.4 Å². The van der Waals surface area contributed by atoms with Gasteiger partial charge in [0.15, 0.2) is 19.7 Å². The van der Waals surface area contributed by atoms with E-state index in [4.69, 9.17) is 25.1 Å². The number of hydrogen-bond donors (Lipinski definition) is 0. The van der Waals surface area contributed by atoms with E-state index in [-0.39, 0.29) is 18.1 Å². The summed E-state index contributed by atoms with van der Waals surface area (Å²) in [6.07, 6.45) is 5.33. The molecule has 1 rings (SSSR count). The fourth-order valence-corrected chi connectivity index (χ4v) is 3.99. The van der Waals surface area contributed by atoms with Crippen LogP contribution >= 0.6 is 0 Å². The van der Waals surface area contributed by atoms with Gasteiger partial charge in [-0.1, -0.05) is 26.7 Å². The van der Waals surface area contributed by atoms with Gasteiger partial charge in [-0.15, -0.1) is 6.42 Å². The van der Waals surface area contributed by atoms with Gasteiger partial charge in [-0.3, -0.25) is 4.79 Å². The van der Waals surface area contributed by atoms with E-state index >= 15 is 0 Å². The Balaban J connectivity index is 3.23. The van der Waals surface area contributed by atoms with Crippen molar-refractivity contribution in [3.63, 3.8) is 0 Å². The lowest BCUT2D eigenvalue weighted by Gasteiger charge is -2.45. The maximum atomic E-state index is 12.6. The van der Waals surface area contributed by atoms with Crippen LogP contribution in [0.4, 0.5) is 0 Å². The summed E-state index contributed by atoms with van der Waals surface area (Å²) in [7, 11) is -2.29. The number of carbonyl (C=O) groups is 1. The Bertz CT molecular complexity index is 562. The van der Waals surface area contributed by atoms with Gasteiger partial charge in [-0.25, -0.2) is 0 Å². The SMILES string of the molecule is C#C[C@@](CC(=O)OC(C)(C)C)(O[Si](C)(C)C(C)(C)C)[C@H]1COC(C)(C)O1. The molecule has 0 aromatic carbocycles. The largest absolute Gasteiger partial charge is 0.460 e. The quantitative estimate of drug-likeness (QED) is 0.403. The molecule has 2 atom stereocenters. The minimum Gasteiger partial charge on any atom is -0.460 e. The van der Waals surface area contributed by atoms with Crippen molar-refractivity contribution < 1.29 is 23.4 Å². The van der Waals surface area contributed by atoms with Crippen molar-refractivity contribution in [2.75, 3.05) is 6.61 Å². The molecule has 0 aromatic rings. The number of ether oxygens (including phenoxy) is 3. The van der Waals surface area contributed by atoms with Gasteiger partial charge in [-0.2, -0.15) is 0 Å². The van der Waals surface area contributed by atoms with E-state index in [9.17, 15) is 4.79 Å². The lowest BCUT2D eigenvalue weighted by atomic mass is 9.94. The highest BCUT2D eigenvalue weighted by molar-refractivity contribution is 6.74. The van der Waals surface area contributed by atoms with Crippen molar-refractivity contribution in [2.24, 2.45) is 0 Å². The third-order valence-electron chi connectivity index (χ3n) is 4.84. The molecule has 1 fully saturated rings. The Hall–Kier alpha value is -0.873. The van der Waals surface area contributed by atoms with E-state index in [0.717, 1.165) is 0 Å². The second kappa shape index (κ2) is 7.27. The highest BCUT2D eigenvalue weighted by Gasteiger charge is 2.53. The Morgan fingerprint density at radius 1 is 1.23 bits per heavy atom. The predicted molar refractivity (Wildman–Crippen MR) is 105 cm³/mol. The monoisotopic (exact) mass is 384 g/mol. The summed E-state index contributed by atoms with van der Waals surface area (Å²) in [5.74, 6) is 1.58. The van der Waals surface area contributed by atoms with Crippen molar-refractivity contribution in [1.82, 2.24) is 0 Å². The normalized spacial score (nSPS) is 23.2. The summed E-state index contributed by atoms with van der Waals surface area (Å²) in [4.78, 5) is 12.6. The van der Waals surface area contributed by atoms with Crippen LogP contribution in [0.3, 0.4) is 0 Å². The number of rotatable bonds is 5. The highest BCUT2D eigenvalue weighted by Crippen LogP contribution is 2.43. The molecule has 0 N–H and O–H groups in total. The van der Waals surface area contributed by atoms with Gasteiger partial charge in [0, 0.05) is 0 Å². The van der Waals surface area contributed by atoms with E-state index in [1.54, 1.807) is 0 Å². The topological polar surface area (TPSA) is 54.0 Å². The maximum absolute atomic E-state index is 12.6. The average Bonchev–Trinajstić information content (AvgIpc) is 2.74. The van der Waals surface area contributed by atoms with Crippen molar-refractivity contribution in [3.8, 4) is 12.3 Å². The summed E-state index contributed by atoms with van der Waals surface area (Å²) in [6, 6.07) is 0. The van der Waals surface area contributed by atoms with Gasteiger partial charge in [0.1, 0.15) is 11.7 Å². The zero-order chi connectivity index (χ0) is 20.6. The van der Waals surface area contributed by atoms with Crippen LogP contribution in [-0.4, -0.2) is 44.0 Å². The molecule has 1 heterocycles. The van der Waals surface area contributed by atoms with Crippen molar-refractivity contribution in [2.45, 2.75) is 103 Å². The van der Waals surface area contributed by atoms with Crippen LogP contribution in [0.2, 0.25) is 18.1 Å². The molecular weight excluding hydrogens is 348 g/mol. The fraction of sp³-hybridized carbons (Fsp3) is 0.850. The predicted octanol–water partition coefficient (Wildman–Crippen LogP) is 4.26. The number of terminal acetylenes is 1. The van der Waals surface area contributed by atoms with E-state index in [1.165, 1.54) is 0 Å². The number of hydrogen-bond acceptors (Lipinski definition) is 5. The van der Waals surface area contributed by atoms with Crippen LogP contribution in [0.25, 0.3) is 0 Å². The smallest absolute Gasteiger partial charge is 0.310 e. The molecule has 0 unspecified atom stereocenters. The summed E-state index contributed by atoms with van der Waals surface area (Å²) < 4.78 is 23.8. The van der Waals surface area contributed by atoms with Crippen LogP contribution in [0.15, 0.2) is 0 Å². The molecule has 0 radical (unpaired) electrons. The van der Waals surface area contributed by atoms with Gasteiger partial charge in [0.2, 0.25) is 0 Å². The molecule has 0 saturated carbocycles. The molecule has 6 heteroatoms. The Morgan fingerprint density at radius 2 is 1.77 bits per heavy atom. The second-order valence-corrected chi connectivity index (χ2v) is 14.7. The van der Waals surface area contributed by atoms with Gasteiger partial charge in [0.05, 0.1) is 13.0 Å². The first kappa shape index (κ1) is 23.2. The highest BCUT2D eigenvalue weighted by atomic mass is 28.4. The first-order valence-electron chi connectivity index (χ1n) is 9.15. The molecule has 0 amide bonds. The molecule has 0 aromatic heterocycles. The van der Waals surface area contributed by atoms with Crippen LogP contribution in [0.1, 0.15) is 61.8 Å². The van der Waals surface area contributed by atoms with Crippen molar-refractivity contribution in [3.05, 3.63) is 0 Å². The molecule has 150 valence electrons. The zero-order valence-electron chi connectivity index (χ0n) is 18.1. The minimum absolute atomic E-state index is 0.0714. The fourth-order valence-electron chi connectivity index (χ4n) is 2.51. The second-order valence-electron chi connectivity index (χ2n) is 9.98. The van der Waals surface area contributed by atoms with Gasteiger partial charge >= 0.3 is 5.97 Å². The third kappa shape index (κ3) is 5.82. The first-order valence-corrected chi connectivity index (χ1v) is 12.1. The molecule has 0 bridgehead atoms. The van der Waals surface area contributed by atoms with E-state index in [0.29, 0.717) is 0 Å². The minimum atomic E-state index is -2.29. The van der Waals surface area contributed by atoms with Crippen molar-refractivity contribution in [1.29, 1.82) is 0 Å². The van der Waals surface area contributed by atoms with Gasteiger partial charge in [0.25, 0.3) is 0 Å². The van der Waals surface area contributed by atoms with E-state index in [2.05, 4.69) is 39.8 Å². The zero-order valence-corrected chi connectivity index (χ0v) is 19.1. The van der Waals surface area contributed by atoms with Crippen LogP contribution in [0, 0.1) is 12.3 Å². The standard InChI is InChI=1S/C20H36O5Si/c1-12-20(13-16(21)24-17(2,3)4,15-14-22-19(8,9)23-15)25-26(10,11)18(5,6)7/h1,15H,13-14H2,2-11H3/t15-,20+/m1/s1. The lowest BCUT2D eigenvalue weighted by molar-refractivity contribution is -0.172. The summed E-state index contributed by atoms with van der Waals surface area (Å²) in [5, 5.41) is -0.0714. The van der Waals surface area contributed by atoms with Crippen LogP contribution in [0.5, 0.6) is 0 Å². The molecule has 0 aliphatic carbocycles. The first-order chi connectivity index (χ1) is 11.4. The molecule has 1 aliphatic rings. The molecular formula is C20H36O5Si. The maximum Gasteiger partial charge on any atom is 0.310 e. The summed E-state index contributed by atoms with van der Waals surface area (Å²) in [6.45, 7) is 20.0. The molecule has 0 spiro atoms. The van der Waals surface area contributed by atoms with Crippen LogP contribution < -0.4 is 0 Å². The Labute approximate surface area is 160 Å².